The molecule has 0 saturated carbocycles. The minimum absolute atomic E-state index is 0.0128. The van der Waals surface area contributed by atoms with Gasteiger partial charge in [-0.2, -0.15) is 5.10 Å². The SMILES string of the molecule is O=C(/C=C/c1ccco1)N1CCN(c2ccc(-n3cccn3)nn2)CC1. The van der Waals surface area contributed by atoms with Crippen molar-refractivity contribution < 1.29 is 9.21 Å². The van der Waals surface area contributed by atoms with Gasteiger partial charge in [-0.3, -0.25) is 4.79 Å². The quantitative estimate of drug-likeness (QED) is 0.665. The minimum atomic E-state index is -0.0128. The van der Waals surface area contributed by atoms with Gasteiger partial charge in [0.2, 0.25) is 5.91 Å². The molecule has 0 spiro atoms. The summed E-state index contributed by atoms with van der Waals surface area (Å²) in [6.45, 7) is 2.72. The van der Waals surface area contributed by atoms with Crippen LogP contribution >= 0.6 is 0 Å². The maximum Gasteiger partial charge on any atom is 0.246 e. The molecule has 132 valence electrons. The summed E-state index contributed by atoms with van der Waals surface area (Å²) in [5.74, 6) is 2.14. The number of hydrogen-bond donors (Lipinski definition) is 0. The molecule has 1 aliphatic heterocycles. The Morgan fingerprint density at radius 3 is 2.50 bits per heavy atom. The van der Waals surface area contributed by atoms with Gasteiger partial charge in [-0.05, 0) is 36.4 Å². The third-order valence-electron chi connectivity index (χ3n) is 4.22. The smallest absolute Gasteiger partial charge is 0.246 e. The predicted molar refractivity (Wildman–Crippen MR) is 95.7 cm³/mol. The van der Waals surface area contributed by atoms with Crippen molar-refractivity contribution in [2.75, 3.05) is 31.1 Å². The fourth-order valence-corrected chi connectivity index (χ4v) is 2.81. The second-order valence-electron chi connectivity index (χ2n) is 5.86. The highest BCUT2D eigenvalue weighted by Crippen LogP contribution is 2.14. The summed E-state index contributed by atoms with van der Waals surface area (Å²) in [7, 11) is 0. The zero-order valence-electron chi connectivity index (χ0n) is 14.1. The number of rotatable bonds is 4. The lowest BCUT2D eigenvalue weighted by Crippen LogP contribution is -2.48. The number of carbonyl (C=O) groups is 1. The number of hydrogen-bond acceptors (Lipinski definition) is 6. The van der Waals surface area contributed by atoms with E-state index in [9.17, 15) is 4.79 Å². The summed E-state index contributed by atoms with van der Waals surface area (Å²) < 4.78 is 6.86. The van der Waals surface area contributed by atoms with Crippen LogP contribution < -0.4 is 4.90 Å². The number of piperazine rings is 1. The molecular weight excluding hydrogens is 332 g/mol. The Bertz CT molecular complexity index is 863. The Balaban J connectivity index is 1.34. The number of carbonyl (C=O) groups excluding carboxylic acids is 1. The van der Waals surface area contributed by atoms with E-state index < -0.39 is 0 Å². The van der Waals surface area contributed by atoms with E-state index in [1.54, 1.807) is 35.4 Å². The first-order chi connectivity index (χ1) is 12.8. The van der Waals surface area contributed by atoms with Crippen molar-refractivity contribution in [1.29, 1.82) is 0 Å². The molecule has 0 N–H and O–H groups in total. The molecule has 0 unspecified atom stereocenters. The number of amides is 1. The van der Waals surface area contributed by atoms with Gasteiger partial charge in [0.05, 0.1) is 6.26 Å². The third kappa shape index (κ3) is 3.49. The van der Waals surface area contributed by atoms with Crippen LogP contribution in [0.15, 0.2) is 59.5 Å². The van der Waals surface area contributed by atoms with Crippen molar-refractivity contribution in [3.05, 3.63) is 60.8 Å². The summed E-state index contributed by atoms with van der Waals surface area (Å²) in [5, 5.41) is 12.6. The molecule has 0 radical (unpaired) electrons. The first kappa shape index (κ1) is 16.1. The van der Waals surface area contributed by atoms with Crippen molar-refractivity contribution >= 4 is 17.8 Å². The zero-order valence-corrected chi connectivity index (χ0v) is 14.1. The van der Waals surface area contributed by atoms with Crippen molar-refractivity contribution in [3.8, 4) is 5.82 Å². The predicted octanol–water partition coefficient (Wildman–Crippen LogP) is 1.62. The van der Waals surface area contributed by atoms with E-state index in [4.69, 9.17) is 4.42 Å². The van der Waals surface area contributed by atoms with Crippen LogP contribution in [-0.4, -0.2) is 57.0 Å². The molecule has 4 heterocycles. The van der Waals surface area contributed by atoms with Crippen LogP contribution in [0.1, 0.15) is 5.76 Å². The normalized spacial score (nSPS) is 14.9. The van der Waals surface area contributed by atoms with Gasteiger partial charge in [-0.15, -0.1) is 10.2 Å². The molecule has 0 atom stereocenters. The van der Waals surface area contributed by atoms with Gasteiger partial charge in [-0.1, -0.05) is 0 Å². The third-order valence-corrected chi connectivity index (χ3v) is 4.22. The van der Waals surface area contributed by atoms with E-state index in [0.717, 1.165) is 18.9 Å². The summed E-state index contributed by atoms with van der Waals surface area (Å²) in [6.07, 6.45) is 8.35. The molecule has 1 amide bonds. The Kier molecular flexibility index (Phi) is 4.46. The topological polar surface area (TPSA) is 80.3 Å². The largest absolute Gasteiger partial charge is 0.465 e. The summed E-state index contributed by atoms with van der Waals surface area (Å²) >= 11 is 0. The molecule has 3 aromatic heterocycles. The maximum absolute atomic E-state index is 12.3. The standard InChI is InChI=1S/C18H18N6O2/c25-18(7-4-15-3-1-14-26-15)23-12-10-22(11-13-23)16-5-6-17(21-20-16)24-9-2-8-19-24/h1-9,14H,10-13H2/b7-4+. The molecule has 0 aliphatic carbocycles. The van der Waals surface area contributed by atoms with Gasteiger partial charge < -0.3 is 14.2 Å². The first-order valence-corrected chi connectivity index (χ1v) is 8.39. The van der Waals surface area contributed by atoms with Gasteiger partial charge in [-0.25, -0.2) is 4.68 Å². The Morgan fingerprint density at radius 1 is 1.04 bits per heavy atom. The summed E-state index contributed by atoms with van der Waals surface area (Å²) in [5.41, 5.74) is 0. The fourth-order valence-electron chi connectivity index (χ4n) is 2.81. The maximum atomic E-state index is 12.3. The molecule has 3 aromatic rings. The lowest BCUT2D eigenvalue weighted by Gasteiger charge is -2.34. The number of anilines is 1. The number of aromatic nitrogens is 4. The molecular formula is C18H18N6O2. The van der Waals surface area contributed by atoms with Crippen molar-refractivity contribution in [3.63, 3.8) is 0 Å². The van der Waals surface area contributed by atoms with Crippen molar-refractivity contribution in [2.24, 2.45) is 0 Å². The van der Waals surface area contributed by atoms with Gasteiger partial charge in [0.15, 0.2) is 11.6 Å². The van der Waals surface area contributed by atoms with E-state index in [-0.39, 0.29) is 5.91 Å². The molecule has 0 aromatic carbocycles. The second kappa shape index (κ2) is 7.22. The van der Waals surface area contributed by atoms with Gasteiger partial charge >= 0.3 is 0 Å². The van der Waals surface area contributed by atoms with Crippen molar-refractivity contribution in [1.82, 2.24) is 24.9 Å². The average molecular weight is 350 g/mol. The molecule has 1 fully saturated rings. The minimum Gasteiger partial charge on any atom is -0.465 e. The summed E-state index contributed by atoms with van der Waals surface area (Å²) in [4.78, 5) is 16.2. The van der Waals surface area contributed by atoms with E-state index in [1.165, 1.54) is 0 Å². The molecule has 0 bridgehead atoms. The lowest BCUT2D eigenvalue weighted by atomic mass is 10.3. The summed E-state index contributed by atoms with van der Waals surface area (Å²) in [6, 6.07) is 9.26. The number of furan rings is 1. The Labute approximate surface area is 150 Å². The Morgan fingerprint density at radius 2 is 1.85 bits per heavy atom. The van der Waals surface area contributed by atoms with Crippen LogP contribution in [0, 0.1) is 0 Å². The zero-order chi connectivity index (χ0) is 17.8. The van der Waals surface area contributed by atoms with Crippen LogP contribution in [0.5, 0.6) is 0 Å². The highest BCUT2D eigenvalue weighted by Gasteiger charge is 2.20. The Hall–Kier alpha value is -3.42. The molecule has 26 heavy (non-hydrogen) atoms. The van der Waals surface area contributed by atoms with Crippen LogP contribution in [-0.2, 0) is 4.79 Å². The monoisotopic (exact) mass is 350 g/mol. The fraction of sp³-hybridized carbons (Fsp3) is 0.222. The highest BCUT2D eigenvalue weighted by molar-refractivity contribution is 5.91. The van der Waals surface area contributed by atoms with E-state index in [2.05, 4.69) is 20.2 Å². The van der Waals surface area contributed by atoms with Crippen molar-refractivity contribution in [2.45, 2.75) is 0 Å². The molecule has 1 saturated heterocycles. The van der Waals surface area contributed by atoms with Crippen LogP contribution in [0.3, 0.4) is 0 Å². The van der Waals surface area contributed by atoms with Gasteiger partial charge in [0.1, 0.15) is 5.76 Å². The van der Waals surface area contributed by atoms with E-state index in [0.29, 0.717) is 24.7 Å². The van der Waals surface area contributed by atoms with Crippen LogP contribution in [0.2, 0.25) is 0 Å². The van der Waals surface area contributed by atoms with E-state index in [1.807, 2.05) is 35.4 Å². The van der Waals surface area contributed by atoms with Crippen LogP contribution in [0.4, 0.5) is 5.82 Å². The van der Waals surface area contributed by atoms with Gasteiger partial charge in [0, 0.05) is 44.6 Å². The molecule has 8 heteroatoms. The highest BCUT2D eigenvalue weighted by atomic mass is 16.3. The van der Waals surface area contributed by atoms with E-state index >= 15 is 0 Å². The number of nitrogens with zero attached hydrogens (tertiary/aromatic N) is 6. The molecule has 1 aliphatic rings. The average Bonchev–Trinajstić information content (AvgIpc) is 3.40. The molecule has 8 nitrogen and oxygen atoms in total. The first-order valence-electron chi connectivity index (χ1n) is 8.39. The molecule has 4 rings (SSSR count). The second-order valence-corrected chi connectivity index (χ2v) is 5.86. The van der Waals surface area contributed by atoms with Crippen LogP contribution in [0.25, 0.3) is 11.9 Å². The van der Waals surface area contributed by atoms with Gasteiger partial charge in [0.25, 0.3) is 0 Å². The lowest BCUT2D eigenvalue weighted by molar-refractivity contribution is -0.126.